The van der Waals surface area contributed by atoms with E-state index in [9.17, 15) is 14.7 Å². The molecule has 2 aromatic carbocycles. The number of hydrogen-bond donors (Lipinski definition) is 3. The van der Waals surface area contributed by atoms with E-state index in [-0.39, 0.29) is 16.2 Å². The second-order valence-electron chi connectivity index (χ2n) is 5.73. The molecule has 0 aliphatic heterocycles. The van der Waals surface area contributed by atoms with Crippen LogP contribution in [0.2, 0.25) is 0 Å². The molecular weight excluding hydrogens is 364 g/mol. The number of rotatable bonds is 4. The van der Waals surface area contributed by atoms with Crippen molar-refractivity contribution in [2.75, 3.05) is 0 Å². The van der Waals surface area contributed by atoms with Crippen molar-refractivity contribution in [2.24, 2.45) is 5.10 Å². The van der Waals surface area contributed by atoms with Crippen LogP contribution < -0.4 is 11.0 Å². The van der Waals surface area contributed by atoms with Gasteiger partial charge in [0.05, 0.1) is 11.9 Å². The van der Waals surface area contributed by atoms with Gasteiger partial charge in [-0.05, 0) is 43.4 Å². The minimum atomic E-state index is -0.612. The van der Waals surface area contributed by atoms with Crippen LogP contribution in [0.15, 0.2) is 64.5 Å². The van der Waals surface area contributed by atoms with Gasteiger partial charge in [0.15, 0.2) is 4.77 Å². The van der Waals surface area contributed by atoms with Crippen LogP contribution in [0.4, 0.5) is 0 Å². The van der Waals surface area contributed by atoms with Gasteiger partial charge in [-0.15, -0.1) is 0 Å². The summed E-state index contributed by atoms with van der Waals surface area (Å²) in [5.41, 5.74) is 3.62. The minimum Gasteiger partial charge on any atom is -0.494 e. The minimum absolute atomic E-state index is 0.0480. The normalized spacial score (nSPS) is 10.9. The lowest BCUT2D eigenvalue weighted by Gasteiger charge is -2.11. The van der Waals surface area contributed by atoms with Crippen LogP contribution in [0.5, 0.6) is 5.88 Å². The summed E-state index contributed by atoms with van der Waals surface area (Å²) in [7, 11) is 0. The van der Waals surface area contributed by atoms with Crippen molar-refractivity contribution in [3.63, 3.8) is 0 Å². The zero-order valence-corrected chi connectivity index (χ0v) is 15.2. The quantitative estimate of drug-likeness (QED) is 0.368. The van der Waals surface area contributed by atoms with Crippen molar-refractivity contribution in [3.8, 4) is 11.6 Å². The molecule has 3 rings (SSSR count). The third kappa shape index (κ3) is 4.01. The molecule has 1 amide bonds. The number of aryl methyl sites for hydroxylation is 1. The average molecular weight is 380 g/mol. The van der Waals surface area contributed by atoms with Gasteiger partial charge in [-0.3, -0.25) is 19.1 Å². The van der Waals surface area contributed by atoms with Gasteiger partial charge in [0.25, 0.3) is 11.5 Å². The summed E-state index contributed by atoms with van der Waals surface area (Å²) < 4.78 is 1.36. The first-order valence-electron chi connectivity index (χ1n) is 8.01. The van der Waals surface area contributed by atoms with Gasteiger partial charge in [0.2, 0.25) is 5.88 Å². The predicted molar refractivity (Wildman–Crippen MR) is 105 cm³/mol. The Morgan fingerprint density at radius 3 is 2.52 bits per heavy atom. The third-order valence-electron chi connectivity index (χ3n) is 3.81. The summed E-state index contributed by atoms with van der Waals surface area (Å²) >= 11 is 5.15. The molecule has 0 unspecified atom stereocenters. The summed E-state index contributed by atoms with van der Waals surface area (Å²) in [6, 6.07) is 15.7. The molecule has 0 aliphatic rings. The second kappa shape index (κ2) is 7.79. The van der Waals surface area contributed by atoms with Gasteiger partial charge < -0.3 is 5.11 Å². The van der Waals surface area contributed by atoms with Gasteiger partial charge in [0, 0.05) is 5.56 Å². The number of H-pyrrole nitrogens is 1. The van der Waals surface area contributed by atoms with E-state index in [1.165, 1.54) is 4.57 Å². The summed E-state index contributed by atoms with van der Waals surface area (Å²) in [6.45, 7) is 1.93. The number of amides is 1. The molecule has 3 N–H and O–H groups in total. The van der Waals surface area contributed by atoms with Crippen molar-refractivity contribution in [1.82, 2.24) is 15.0 Å². The number of benzene rings is 2. The van der Waals surface area contributed by atoms with E-state index in [1.807, 2.05) is 19.1 Å². The van der Waals surface area contributed by atoms with Crippen molar-refractivity contribution >= 4 is 24.3 Å². The predicted octanol–water partition coefficient (Wildman–Crippen LogP) is 2.67. The topological polar surface area (TPSA) is 99.5 Å². The molecule has 27 heavy (non-hydrogen) atoms. The first-order chi connectivity index (χ1) is 13.0. The highest BCUT2D eigenvalue weighted by molar-refractivity contribution is 7.71. The molecular formula is C19H16N4O3S. The van der Waals surface area contributed by atoms with E-state index >= 15 is 0 Å². The largest absolute Gasteiger partial charge is 0.494 e. The maximum atomic E-state index is 12.1. The number of aromatic amines is 1. The van der Waals surface area contributed by atoms with Crippen LogP contribution in [-0.4, -0.2) is 26.8 Å². The lowest BCUT2D eigenvalue weighted by atomic mass is 10.2. The lowest BCUT2D eigenvalue weighted by Crippen LogP contribution is -2.21. The zero-order valence-electron chi connectivity index (χ0n) is 14.3. The van der Waals surface area contributed by atoms with Crippen LogP contribution in [0.3, 0.4) is 0 Å². The number of aromatic hydroxyl groups is 1. The molecule has 0 aliphatic carbocycles. The van der Waals surface area contributed by atoms with E-state index in [1.54, 1.807) is 42.5 Å². The Morgan fingerprint density at radius 1 is 1.19 bits per heavy atom. The molecule has 7 nitrogen and oxygen atoms in total. The Hall–Kier alpha value is -3.52. The number of hydrazone groups is 1. The molecule has 0 atom stereocenters. The average Bonchev–Trinajstić information content (AvgIpc) is 2.66. The summed E-state index contributed by atoms with van der Waals surface area (Å²) in [5, 5.41) is 14.3. The van der Waals surface area contributed by atoms with Gasteiger partial charge in [0.1, 0.15) is 5.56 Å². The molecule has 136 valence electrons. The van der Waals surface area contributed by atoms with E-state index in [0.717, 1.165) is 11.8 Å². The molecule has 0 bridgehead atoms. The first-order valence-corrected chi connectivity index (χ1v) is 8.42. The van der Waals surface area contributed by atoms with Gasteiger partial charge in [-0.2, -0.15) is 5.10 Å². The van der Waals surface area contributed by atoms with E-state index in [2.05, 4.69) is 15.5 Å². The lowest BCUT2D eigenvalue weighted by molar-refractivity contribution is 0.0955. The second-order valence-corrected chi connectivity index (χ2v) is 6.12. The third-order valence-corrected chi connectivity index (χ3v) is 4.09. The van der Waals surface area contributed by atoms with E-state index in [0.29, 0.717) is 11.3 Å². The molecule has 1 aromatic heterocycles. The Morgan fingerprint density at radius 2 is 1.85 bits per heavy atom. The number of nitrogens with zero attached hydrogens (tertiary/aromatic N) is 2. The fourth-order valence-corrected chi connectivity index (χ4v) is 2.68. The molecule has 8 heteroatoms. The summed E-state index contributed by atoms with van der Waals surface area (Å²) in [5.74, 6) is -0.806. The van der Waals surface area contributed by atoms with Gasteiger partial charge in [-0.25, -0.2) is 5.43 Å². The maximum Gasteiger partial charge on any atom is 0.271 e. The number of carbonyl (C=O) groups excluding carboxylic acids is 1. The molecule has 0 saturated heterocycles. The van der Waals surface area contributed by atoms with Crippen LogP contribution in [0.25, 0.3) is 5.69 Å². The monoisotopic (exact) mass is 380 g/mol. The Balaban J connectivity index is 1.93. The SMILES string of the molecule is Cc1ccc(-n2c(O)c(/C=N/NC(=O)c3ccccc3)c(=O)[nH]c2=S)cc1. The Labute approximate surface area is 159 Å². The fraction of sp³-hybridized carbons (Fsp3) is 0.0526. The highest BCUT2D eigenvalue weighted by atomic mass is 32.1. The zero-order chi connectivity index (χ0) is 19.4. The van der Waals surface area contributed by atoms with Gasteiger partial charge >= 0.3 is 0 Å². The van der Waals surface area contributed by atoms with Crippen LogP contribution in [0.1, 0.15) is 21.5 Å². The number of carbonyl (C=O) groups is 1. The summed E-state index contributed by atoms with van der Waals surface area (Å²) in [4.78, 5) is 26.6. The fourth-order valence-electron chi connectivity index (χ4n) is 2.40. The summed E-state index contributed by atoms with van der Waals surface area (Å²) in [6.07, 6.45) is 1.08. The smallest absolute Gasteiger partial charge is 0.271 e. The Bertz CT molecular complexity index is 1120. The highest BCUT2D eigenvalue weighted by Crippen LogP contribution is 2.18. The van der Waals surface area contributed by atoms with Crippen LogP contribution in [0, 0.1) is 11.7 Å². The molecule has 0 fully saturated rings. The highest BCUT2D eigenvalue weighted by Gasteiger charge is 2.12. The molecule has 1 heterocycles. The maximum absolute atomic E-state index is 12.1. The Kier molecular flexibility index (Phi) is 5.28. The van der Waals surface area contributed by atoms with E-state index < -0.39 is 11.5 Å². The van der Waals surface area contributed by atoms with Crippen molar-refractivity contribution in [3.05, 3.63) is 86.4 Å². The standard InChI is InChI=1S/C19H16N4O3S/c1-12-7-9-14(10-8-12)23-18(26)15(17(25)21-19(23)27)11-20-22-16(24)13-5-3-2-4-6-13/h2-11,26H,1H3,(H,22,24)(H,21,25,27)/b20-11+. The molecule has 0 radical (unpaired) electrons. The van der Waals surface area contributed by atoms with Crippen molar-refractivity contribution < 1.29 is 9.90 Å². The van der Waals surface area contributed by atoms with Crippen molar-refractivity contribution in [2.45, 2.75) is 6.92 Å². The van der Waals surface area contributed by atoms with Crippen LogP contribution in [-0.2, 0) is 0 Å². The first kappa shape index (κ1) is 18.3. The number of nitrogens with one attached hydrogen (secondary N) is 2. The molecule has 0 spiro atoms. The van der Waals surface area contributed by atoms with Gasteiger partial charge in [-0.1, -0.05) is 35.9 Å². The molecule has 3 aromatic rings. The number of hydrogen-bond acceptors (Lipinski definition) is 5. The van der Waals surface area contributed by atoms with Crippen LogP contribution >= 0.6 is 12.2 Å². The molecule has 0 saturated carbocycles. The van der Waals surface area contributed by atoms with Crippen molar-refractivity contribution in [1.29, 1.82) is 0 Å². The van der Waals surface area contributed by atoms with E-state index in [4.69, 9.17) is 12.2 Å². The number of aromatic nitrogens is 2.